The van der Waals surface area contributed by atoms with Crippen molar-refractivity contribution in [1.29, 1.82) is 0 Å². The highest BCUT2D eigenvalue weighted by Gasteiger charge is 2.29. The van der Waals surface area contributed by atoms with Gasteiger partial charge in [-0.15, -0.1) is 0 Å². The lowest BCUT2D eigenvalue weighted by Gasteiger charge is -2.22. The molecule has 0 saturated heterocycles. The molecule has 2 heterocycles. The van der Waals surface area contributed by atoms with Crippen molar-refractivity contribution >= 4 is 28.4 Å². The van der Waals surface area contributed by atoms with Gasteiger partial charge in [0.2, 0.25) is 5.91 Å². The topological polar surface area (TPSA) is 62.7 Å². The molecule has 0 radical (unpaired) electrons. The number of aromatic nitrogens is 3. The summed E-state index contributed by atoms with van der Waals surface area (Å²) >= 11 is 5.85. The molecule has 1 aliphatic rings. The van der Waals surface area contributed by atoms with E-state index in [0.29, 0.717) is 11.6 Å². The molecule has 4 rings (SSSR count). The van der Waals surface area contributed by atoms with Gasteiger partial charge in [0.25, 0.3) is 0 Å². The lowest BCUT2D eigenvalue weighted by atomic mass is 9.86. The van der Waals surface area contributed by atoms with Crippen molar-refractivity contribution in [3.05, 3.63) is 52.9 Å². The zero-order valence-corrected chi connectivity index (χ0v) is 14.7. The van der Waals surface area contributed by atoms with Gasteiger partial charge in [0.05, 0.1) is 17.1 Å². The van der Waals surface area contributed by atoms with Gasteiger partial charge in [0.1, 0.15) is 0 Å². The molecule has 1 atom stereocenters. The smallest absolute Gasteiger partial charge is 0.229 e. The van der Waals surface area contributed by atoms with Crippen LogP contribution in [0.15, 0.2) is 36.7 Å². The van der Waals surface area contributed by atoms with Crippen LogP contribution in [0.3, 0.4) is 0 Å². The van der Waals surface area contributed by atoms with Crippen molar-refractivity contribution in [2.24, 2.45) is 0 Å². The Labute approximate surface area is 151 Å². The summed E-state index contributed by atoms with van der Waals surface area (Å²) in [6.07, 6.45) is 7.25. The number of rotatable bonds is 5. The Morgan fingerprint density at radius 3 is 3.12 bits per heavy atom. The summed E-state index contributed by atoms with van der Waals surface area (Å²) in [7, 11) is 0. The maximum Gasteiger partial charge on any atom is 0.229 e. The van der Waals surface area contributed by atoms with Gasteiger partial charge >= 0.3 is 0 Å². The number of nitrogens with zero attached hydrogens (tertiary/aromatic N) is 2. The Morgan fingerprint density at radius 2 is 2.28 bits per heavy atom. The van der Waals surface area contributed by atoms with Crippen LogP contribution in [0.5, 0.6) is 0 Å². The van der Waals surface area contributed by atoms with E-state index in [0.717, 1.165) is 43.4 Å². The third-order valence-corrected chi connectivity index (χ3v) is 5.09. The van der Waals surface area contributed by atoms with Gasteiger partial charge in [0, 0.05) is 35.9 Å². The molecular formula is C19H21ClN4O. The molecule has 5 nitrogen and oxygen atoms in total. The molecule has 2 N–H and O–H groups in total. The highest BCUT2D eigenvalue weighted by molar-refractivity contribution is 6.30. The molecule has 0 spiro atoms. The Bertz CT molecular complexity index is 898. The van der Waals surface area contributed by atoms with E-state index in [4.69, 9.17) is 11.6 Å². The van der Waals surface area contributed by atoms with E-state index in [1.165, 1.54) is 10.9 Å². The quantitative estimate of drug-likeness (QED) is 0.685. The van der Waals surface area contributed by atoms with Gasteiger partial charge in [-0.05, 0) is 37.3 Å². The lowest BCUT2D eigenvalue weighted by molar-refractivity contribution is -0.122. The molecule has 1 aliphatic carbocycles. The molecule has 130 valence electrons. The Hall–Kier alpha value is -2.27. The second kappa shape index (κ2) is 6.92. The lowest BCUT2D eigenvalue weighted by Crippen LogP contribution is -2.32. The summed E-state index contributed by atoms with van der Waals surface area (Å²) in [5.41, 5.74) is 3.54. The van der Waals surface area contributed by atoms with Crippen LogP contribution in [0.25, 0.3) is 10.9 Å². The third-order valence-electron chi connectivity index (χ3n) is 4.90. The monoisotopic (exact) mass is 356 g/mol. The molecule has 2 aromatic heterocycles. The van der Waals surface area contributed by atoms with E-state index < -0.39 is 0 Å². The molecule has 0 aliphatic heterocycles. The average molecular weight is 357 g/mol. The van der Waals surface area contributed by atoms with Crippen LogP contribution in [-0.4, -0.2) is 27.2 Å². The van der Waals surface area contributed by atoms with Crippen molar-refractivity contribution in [2.75, 3.05) is 6.54 Å². The van der Waals surface area contributed by atoms with Crippen molar-refractivity contribution < 1.29 is 4.79 Å². The van der Waals surface area contributed by atoms with Crippen molar-refractivity contribution in [3.63, 3.8) is 0 Å². The number of hydrogen-bond donors (Lipinski definition) is 2. The fourth-order valence-electron chi connectivity index (χ4n) is 3.71. The van der Waals surface area contributed by atoms with Crippen molar-refractivity contribution in [1.82, 2.24) is 20.1 Å². The molecule has 1 amide bonds. The summed E-state index contributed by atoms with van der Waals surface area (Å²) in [6.45, 7) is 1.39. The number of carbonyl (C=O) groups excluding carboxylic acids is 1. The largest absolute Gasteiger partial charge is 0.357 e. The van der Waals surface area contributed by atoms with Crippen LogP contribution in [0.2, 0.25) is 5.02 Å². The molecule has 6 heteroatoms. The van der Waals surface area contributed by atoms with Crippen LogP contribution in [0.1, 0.15) is 36.4 Å². The molecule has 0 fully saturated rings. The predicted octanol–water partition coefficient (Wildman–Crippen LogP) is 3.64. The fourth-order valence-corrected chi connectivity index (χ4v) is 3.87. The number of aromatic amines is 1. The SMILES string of the molecule is O=C(NCCCn1cc(Cl)cn1)[C@H]1CCCc2c1[nH]c1ccccc21. The number of para-hydroxylation sites is 1. The first kappa shape index (κ1) is 16.2. The van der Waals surface area contributed by atoms with Crippen molar-refractivity contribution in [2.45, 2.75) is 38.1 Å². The minimum atomic E-state index is -0.0738. The van der Waals surface area contributed by atoms with E-state index in [2.05, 4.69) is 33.6 Å². The molecule has 0 saturated carbocycles. The standard InChI is InChI=1S/C19H21ClN4O/c20-13-11-22-24(12-13)10-4-9-21-19(25)16-7-3-6-15-14-5-1-2-8-17(14)23-18(15)16/h1-2,5,8,11-12,16,23H,3-4,6-7,9-10H2,(H,21,25)/t16-/m0/s1. The number of amides is 1. The normalized spacial score (nSPS) is 16.8. The minimum absolute atomic E-state index is 0.0738. The first-order valence-corrected chi connectivity index (χ1v) is 9.15. The van der Waals surface area contributed by atoms with Crippen LogP contribution in [0.4, 0.5) is 0 Å². The second-order valence-electron chi connectivity index (χ2n) is 6.57. The predicted molar refractivity (Wildman–Crippen MR) is 98.8 cm³/mol. The molecule has 0 bridgehead atoms. The summed E-state index contributed by atoms with van der Waals surface area (Å²) in [5.74, 6) is 0.0429. The van der Waals surface area contributed by atoms with E-state index in [1.807, 2.05) is 6.07 Å². The summed E-state index contributed by atoms with van der Waals surface area (Å²) < 4.78 is 1.80. The van der Waals surface area contributed by atoms with Crippen LogP contribution in [0, 0.1) is 0 Å². The first-order valence-electron chi connectivity index (χ1n) is 8.77. The van der Waals surface area contributed by atoms with Gasteiger partial charge < -0.3 is 10.3 Å². The fraction of sp³-hybridized carbons (Fsp3) is 0.368. The van der Waals surface area contributed by atoms with Crippen molar-refractivity contribution in [3.8, 4) is 0 Å². The van der Waals surface area contributed by atoms with Crippen LogP contribution in [-0.2, 0) is 17.8 Å². The number of aryl methyl sites for hydroxylation is 2. The van der Waals surface area contributed by atoms with Gasteiger partial charge in [-0.2, -0.15) is 5.10 Å². The molecule has 1 aromatic carbocycles. The van der Waals surface area contributed by atoms with E-state index in [9.17, 15) is 4.79 Å². The number of halogens is 1. The molecule has 25 heavy (non-hydrogen) atoms. The maximum atomic E-state index is 12.7. The molecule has 0 unspecified atom stereocenters. The molecule has 3 aromatic rings. The maximum absolute atomic E-state index is 12.7. The second-order valence-corrected chi connectivity index (χ2v) is 7.01. The number of fused-ring (bicyclic) bond motifs is 3. The molecular weight excluding hydrogens is 336 g/mol. The summed E-state index contributed by atoms with van der Waals surface area (Å²) in [4.78, 5) is 16.2. The highest BCUT2D eigenvalue weighted by atomic mass is 35.5. The van der Waals surface area contributed by atoms with Gasteiger partial charge in [-0.1, -0.05) is 29.8 Å². The zero-order chi connectivity index (χ0) is 17.2. The zero-order valence-electron chi connectivity index (χ0n) is 14.0. The highest BCUT2D eigenvalue weighted by Crippen LogP contribution is 2.36. The Morgan fingerprint density at radius 1 is 1.40 bits per heavy atom. The van der Waals surface area contributed by atoms with Gasteiger partial charge in [-0.3, -0.25) is 9.48 Å². The Balaban J connectivity index is 1.40. The first-order chi connectivity index (χ1) is 12.2. The average Bonchev–Trinajstić information content (AvgIpc) is 3.21. The third kappa shape index (κ3) is 3.29. The van der Waals surface area contributed by atoms with E-state index in [1.54, 1.807) is 17.1 Å². The number of H-pyrrole nitrogens is 1. The number of benzene rings is 1. The number of carbonyl (C=O) groups is 1. The van der Waals surface area contributed by atoms with Crippen LogP contribution < -0.4 is 5.32 Å². The van der Waals surface area contributed by atoms with E-state index in [-0.39, 0.29) is 11.8 Å². The van der Waals surface area contributed by atoms with Gasteiger partial charge in [0.15, 0.2) is 0 Å². The van der Waals surface area contributed by atoms with Gasteiger partial charge in [-0.25, -0.2) is 0 Å². The number of hydrogen-bond acceptors (Lipinski definition) is 2. The van der Waals surface area contributed by atoms with Crippen LogP contribution >= 0.6 is 11.6 Å². The van der Waals surface area contributed by atoms with E-state index >= 15 is 0 Å². The Kier molecular flexibility index (Phi) is 4.49. The minimum Gasteiger partial charge on any atom is -0.357 e. The summed E-state index contributed by atoms with van der Waals surface area (Å²) in [6, 6.07) is 8.31. The number of nitrogens with one attached hydrogen (secondary N) is 2. The summed E-state index contributed by atoms with van der Waals surface area (Å²) in [5, 5.41) is 9.12.